The van der Waals surface area contributed by atoms with Crippen molar-refractivity contribution in [3.8, 4) is 0 Å². The SMILES string of the molecule is c1ccc2c(c1)c1cccc3c4ccccc4c2n13. The molecular weight excluding hydrogens is 230 g/mol. The van der Waals surface area contributed by atoms with Gasteiger partial charge in [0.25, 0.3) is 0 Å². The summed E-state index contributed by atoms with van der Waals surface area (Å²) in [5.74, 6) is 0. The summed E-state index contributed by atoms with van der Waals surface area (Å²) in [6.07, 6.45) is 0. The van der Waals surface area contributed by atoms with Crippen LogP contribution in [-0.4, -0.2) is 4.40 Å². The smallest absolute Gasteiger partial charge is 0.0620 e. The van der Waals surface area contributed by atoms with Gasteiger partial charge < -0.3 is 4.40 Å². The van der Waals surface area contributed by atoms with Gasteiger partial charge in [-0.25, -0.2) is 0 Å². The van der Waals surface area contributed by atoms with Gasteiger partial charge in [-0.15, -0.1) is 0 Å². The molecule has 88 valence electrons. The highest BCUT2D eigenvalue weighted by Gasteiger charge is 2.15. The number of pyridine rings is 1. The molecule has 3 aromatic heterocycles. The van der Waals surface area contributed by atoms with E-state index in [0.717, 1.165) is 0 Å². The van der Waals surface area contributed by atoms with Crippen LogP contribution in [0.2, 0.25) is 0 Å². The first-order chi connectivity index (χ1) is 9.45. The Labute approximate surface area is 110 Å². The molecule has 0 aliphatic heterocycles. The number of hydrogen-bond acceptors (Lipinski definition) is 0. The molecule has 1 heteroatoms. The quantitative estimate of drug-likeness (QED) is 0.365. The van der Waals surface area contributed by atoms with Gasteiger partial charge in [0.15, 0.2) is 0 Å². The molecule has 0 radical (unpaired) electrons. The predicted octanol–water partition coefficient (Wildman–Crippen LogP) is 4.84. The Balaban J connectivity index is 2.32. The lowest BCUT2D eigenvalue weighted by atomic mass is 10.1. The summed E-state index contributed by atoms with van der Waals surface area (Å²) >= 11 is 0. The lowest BCUT2D eigenvalue weighted by molar-refractivity contribution is 1.36. The fourth-order valence-electron chi connectivity index (χ4n) is 3.38. The second-order valence-electron chi connectivity index (χ2n) is 5.07. The van der Waals surface area contributed by atoms with Crippen LogP contribution in [0.5, 0.6) is 0 Å². The molecule has 1 nitrogen and oxygen atoms in total. The van der Waals surface area contributed by atoms with E-state index in [1.165, 1.54) is 38.1 Å². The Hall–Kier alpha value is -2.54. The molecule has 0 aliphatic carbocycles. The Morgan fingerprint density at radius 1 is 0.474 bits per heavy atom. The van der Waals surface area contributed by atoms with Crippen LogP contribution in [0.3, 0.4) is 0 Å². The largest absolute Gasteiger partial charge is 0.308 e. The molecule has 0 saturated heterocycles. The van der Waals surface area contributed by atoms with E-state index < -0.39 is 0 Å². The van der Waals surface area contributed by atoms with Crippen molar-refractivity contribution in [3.63, 3.8) is 0 Å². The molecule has 0 fully saturated rings. The first-order valence-corrected chi connectivity index (χ1v) is 6.57. The standard InChI is InChI=1S/C18H11N/c1-3-8-14-12(6-1)16-10-5-11-17-13-7-2-4-9-15(13)18(14)19(16)17/h1-11H. The van der Waals surface area contributed by atoms with E-state index in [0.29, 0.717) is 0 Å². The van der Waals surface area contributed by atoms with Crippen LogP contribution in [-0.2, 0) is 0 Å². The van der Waals surface area contributed by atoms with Crippen LogP contribution in [0, 0.1) is 0 Å². The molecule has 3 heterocycles. The van der Waals surface area contributed by atoms with Crippen LogP contribution in [0.1, 0.15) is 0 Å². The van der Waals surface area contributed by atoms with Gasteiger partial charge in [-0.2, -0.15) is 0 Å². The topological polar surface area (TPSA) is 4.41 Å². The van der Waals surface area contributed by atoms with Gasteiger partial charge in [-0.3, -0.25) is 0 Å². The summed E-state index contributed by atoms with van der Waals surface area (Å²) in [5, 5.41) is 5.38. The van der Waals surface area contributed by atoms with Crippen molar-refractivity contribution in [2.24, 2.45) is 0 Å². The molecule has 0 unspecified atom stereocenters. The number of aromatic nitrogens is 1. The van der Waals surface area contributed by atoms with Crippen LogP contribution < -0.4 is 0 Å². The molecule has 0 saturated carbocycles. The number of rotatable bonds is 0. The first-order valence-electron chi connectivity index (χ1n) is 6.57. The molecule has 0 bridgehead atoms. The third-order valence-electron chi connectivity index (χ3n) is 4.13. The molecule has 5 rings (SSSR count). The van der Waals surface area contributed by atoms with Gasteiger partial charge in [0.1, 0.15) is 0 Å². The third kappa shape index (κ3) is 0.980. The Morgan fingerprint density at radius 3 is 1.47 bits per heavy atom. The van der Waals surface area contributed by atoms with Crippen LogP contribution in [0.15, 0.2) is 66.7 Å². The minimum atomic E-state index is 1.30. The summed E-state index contributed by atoms with van der Waals surface area (Å²) in [6, 6.07) is 23.9. The molecule has 0 atom stereocenters. The van der Waals surface area contributed by atoms with Crippen LogP contribution >= 0.6 is 0 Å². The van der Waals surface area contributed by atoms with Crippen molar-refractivity contribution in [2.75, 3.05) is 0 Å². The van der Waals surface area contributed by atoms with Gasteiger partial charge in [-0.1, -0.05) is 54.6 Å². The molecule has 5 aromatic rings. The van der Waals surface area contributed by atoms with Crippen LogP contribution in [0.4, 0.5) is 0 Å². The van der Waals surface area contributed by atoms with E-state index in [1.807, 2.05) is 0 Å². The summed E-state index contributed by atoms with van der Waals surface area (Å²) in [7, 11) is 0. The van der Waals surface area contributed by atoms with Gasteiger partial charge in [0.05, 0.1) is 16.6 Å². The maximum atomic E-state index is 2.40. The molecule has 0 amide bonds. The second kappa shape index (κ2) is 3.07. The summed E-state index contributed by atoms with van der Waals surface area (Å²) in [5.41, 5.74) is 3.95. The van der Waals surface area contributed by atoms with Crippen LogP contribution in [0.25, 0.3) is 38.1 Å². The van der Waals surface area contributed by atoms with E-state index >= 15 is 0 Å². The van der Waals surface area contributed by atoms with E-state index in [9.17, 15) is 0 Å². The highest BCUT2D eigenvalue weighted by molar-refractivity contribution is 6.22. The number of benzene rings is 2. The Kier molecular flexibility index (Phi) is 1.52. The lowest BCUT2D eigenvalue weighted by Crippen LogP contribution is -1.79. The van der Waals surface area contributed by atoms with Gasteiger partial charge in [0, 0.05) is 21.5 Å². The highest BCUT2D eigenvalue weighted by atomic mass is 14.9. The van der Waals surface area contributed by atoms with Crippen molar-refractivity contribution in [2.45, 2.75) is 0 Å². The van der Waals surface area contributed by atoms with Crippen molar-refractivity contribution < 1.29 is 0 Å². The van der Waals surface area contributed by atoms with E-state index in [1.54, 1.807) is 0 Å². The zero-order valence-electron chi connectivity index (χ0n) is 10.3. The van der Waals surface area contributed by atoms with Crippen molar-refractivity contribution in [1.29, 1.82) is 0 Å². The first kappa shape index (κ1) is 9.40. The second-order valence-corrected chi connectivity index (χ2v) is 5.07. The molecular formula is C18H11N. The monoisotopic (exact) mass is 241 g/mol. The summed E-state index contributed by atoms with van der Waals surface area (Å²) < 4.78 is 2.40. The molecule has 0 spiro atoms. The Bertz CT molecular complexity index is 972. The predicted molar refractivity (Wildman–Crippen MR) is 81.1 cm³/mol. The maximum absolute atomic E-state index is 2.40. The minimum absolute atomic E-state index is 1.30. The van der Waals surface area contributed by atoms with Gasteiger partial charge in [-0.05, 0) is 12.1 Å². The van der Waals surface area contributed by atoms with Gasteiger partial charge in [0.2, 0.25) is 0 Å². The molecule has 0 aliphatic rings. The fraction of sp³-hybridized carbons (Fsp3) is 0. The third-order valence-corrected chi connectivity index (χ3v) is 4.13. The summed E-state index contributed by atoms with van der Waals surface area (Å²) in [4.78, 5) is 0. The fourth-order valence-corrected chi connectivity index (χ4v) is 3.38. The average Bonchev–Trinajstić information content (AvgIpc) is 2.99. The lowest BCUT2D eigenvalue weighted by Gasteiger charge is -1.96. The maximum Gasteiger partial charge on any atom is 0.0620 e. The van der Waals surface area contributed by atoms with E-state index in [-0.39, 0.29) is 0 Å². The molecule has 0 N–H and O–H groups in total. The van der Waals surface area contributed by atoms with Crippen molar-refractivity contribution in [3.05, 3.63) is 66.7 Å². The van der Waals surface area contributed by atoms with E-state index in [2.05, 4.69) is 71.1 Å². The zero-order valence-corrected chi connectivity index (χ0v) is 10.3. The summed E-state index contributed by atoms with van der Waals surface area (Å²) in [6.45, 7) is 0. The number of hydrogen-bond donors (Lipinski definition) is 0. The zero-order chi connectivity index (χ0) is 12.4. The number of nitrogens with zero attached hydrogens (tertiary/aromatic N) is 1. The molecule has 19 heavy (non-hydrogen) atoms. The van der Waals surface area contributed by atoms with Crippen molar-refractivity contribution in [1.82, 2.24) is 4.40 Å². The highest BCUT2D eigenvalue weighted by Crippen LogP contribution is 2.38. The minimum Gasteiger partial charge on any atom is -0.308 e. The van der Waals surface area contributed by atoms with Crippen molar-refractivity contribution >= 4 is 38.1 Å². The van der Waals surface area contributed by atoms with E-state index in [4.69, 9.17) is 0 Å². The normalized spacial score (nSPS) is 12.2. The Morgan fingerprint density at radius 2 is 0.947 bits per heavy atom. The molecule has 2 aromatic carbocycles. The number of fused-ring (bicyclic) bond motifs is 6. The van der Waals surface area contributed by atoms with Gasteiger partial charge >= 0.3 is 0 Å². The average molecular weight is 241 g/mol.